The quantitative estimate of drug-likeness (QED) is 0.622. The molecule has 1 saturated heterocycles. The van der Waals surface area contributed by atoms with Gasteiger partial charge in [-0.3, -0.25) is 4.90 Å². The Morgan fingerprint density at radius 1 is 1.10 bits per heavy atom. The lowest BCUT2D eigenvalue weighted by Crippen LogP contribution is -2.43. The molecule has 2 atom stereocenters. The molecule has 1 aliphatic carbocycles. The molecule has 5 heteroatoms. The molecule has 4 rings (SSSR count). The molecule has 0 bridgehead atoms. The van der Waals surface area contributed by atoms with Crippen LogP contribution < -0.4 is 4.90 Å². The largest absolute Gasteiger partial charge is 0.496 e. The minimum Gasteiger partial charge on any atom is -0.496 e. The smallest absolute Gasteiger partial charge is 0.127 e. The molecule has 30 heavy (non-hydrogen) atoms. The Hall–Kier alpha value is -2.01. The summed E-state index contributed by atoms with van der Waals surface area (Å²) in [5.74, 6) is 0. The van der Waals surface area contributed by atoms with Gasteiger partial charge in [-0.05, 0) is 72.9 Å². The number of likely N-dealkylation sites (tertiary alicyclic amines) is 1. The van der Waals surface area contributed by atoms with Crippen LogP contribution in [0, 0.1) is 0 Å². The first-order chi connectivity index (χ1) is 14.0. The monoisotopic (exact) mass is 428 g/mol. The lowest BCUT2D eigenvalue weighted by Gasteiger charge is -2.36. The van der Waals surface area contributed by atoms with E-state index in [1.54, 1.807) is 6.26 Å². The van der Waals surface area contributed by atoms with Crippen molar-refractivity contribution in [3.63, 3.8) is 0 Å². The molecular weight excluding hydrogens is 396 g/mol. The van der Waals surface area contributed by atoms with Crippen molar-refractivity contribution < 1.29 is 9.47 Å². The summed E-state index contributed by atoms with van der Waals surface area (Å²) in [6.07, 6.45) is 16.5. The Morgan fingerprint density at radius 2 is 1.83 bits per heavy atom. The van der Waals surface area contributed by atoms with Crippen LogP contribution in [0.25, 0.3) is 6.08 Å². The molecule has 0 spiro atoms. The van der Waals surface area contributed by atoms with Crippen LogP contribution in [0.1, 0.15) is 31.7 Å². The van der Waals surface area contributed by atoms with Crippen LogP contribution in [0.4, 0.5) is 5.69 Å². The Morgan fingerprint density at radius 3 is 2.50 bits per heavy atom. The van der Waals surface area contributed by atoms with Crippen molar-refractivity contribution >= 4 is 24.2 Å². The maximum atomic E-state index is 6.70. The molecule has 162 valence electrons. The van der Waals surface area contributed by atoms with E-state index in [0.717, 1.165) is 13.1 Å². The summed E-state index contributed by atoms with van der Waals surface area (Å²) in [7, 11) is 4.12. The summed E-state index contributed by atoms with van der Waals surface area (Å²) < 4.78 is 12.2. The first kappa shape index (κ1) is 22.7. The standard InChI is InChI=1S/C25H32N2O2.ClH/c1-20(27-14-5-4-6-15-27)29-25(17-22-12-16-28-19-23(22)18-25)13-11-21-7-9-24(10-8-21)26(2)3;/h7-13,16-18,20H,4-6,14-15,19H2,1-3H3;1H/b13-11+;. The van der Waals surface area contributed by atoms with Gasteiger partial charge in [-0.25, -0.2) is 0 Å². The zero-order chi connectivity index (χ0) is 20.3. The van der Waals surface area contributed by atoms with E-state index in [4.69, 9.17) is 9.47 Å². The molecule has 0 saturated carbocycles. The zero-order valence-electron chi connectivity index (χ0n) is 18.2. The molecule has 2 unspecified atom stereocenters. The third-order valence-electron chi connectivity index (χ3n) is 5.96. The van der Waals surface area contributed by atoms with Crippen molar-refractivity contribution in [1.29, 1.82) is 0 Å². The molecule has 3 aliphatic rings. The molecule has 2 heterocycles. The minimum absolute atomic E-state index is 0. The molecule has 0 radical (unpaired) electrons. The summed E-state index contributed by atoms with van der Waals surface area (Å²) in [5, 5.41) is 0. The second-order valence-corrected chi connectivity index (χ2v) is 8.37. The molecule has 1 fully saturated rings. The Bertz CT molecular complexity index is 835. The van der Waals surface area contributed by atoms with Crippen LogP contribution in [0.5, 0.6) is 0 Å². The third-order valence-corrected chi connectivity index (χ3v) is 5.96. The van der Waals surface area contributed by atoms with Gasteiger partial charge in [0.2, 0.25) is 0 Å². The molecule has 1 aromatic rings. The normalized spacial score (nSPS) is 24.5. The maximum absolute atomic E-state index is 6.70. The van der Waals surface area contributed by atoms with Crippen molar-refractivity contribution in [2.45, 2.75) is 38.0 Å². The van der Waals surface area contributed by atoms with Crippen molar-refractivity contribution in [2.24, 2.45) is 0 Å². The average molecular weight is 429 g/mol. The van der Waals surface area contributed by atoms with Gasteiger partial charge in [-0.15, -0.1) is 12.4 Å². The maximum Gasteiger partial charge on any atom is 0.127 e. The second-order valence-electron chi connectivity index (χ2n) is 8.37. The Labute approximate surface area is 186 Å². The number of ether oxygens (including phenoxy) is 2. The topological polar surface area (TPSA) is 24.9 Å². The van der Waals surface area contributed by atoms with E-state index in [9.17, 15) is 0 Å². The highest BCUT2D eigenvalue weighted by molar-refractivity contribution is 5.85. The van der Waals surface area contributed by atoms with E-state index in [-0.39, 0.29) is 18.6 Å². The second kappa shape index (κ2) is 9.86. The number of piperidine rings is 1. The first-order valence-electron chi connectivity index (χ1n) is 10.7. The van der Waals surface area contributed by atoms with Crippen molar-refractivity contribution in [1.82, 2.24) is 4.90 Å². The van der Waals surface area contributed by atoms with Gasteiger partial charge in [0.05, 0.1) is 6.26 Å². The van der Waals surface area contributed by atoms with Crippen molar-refractivity contribution in [2.75, 3.05) is 38.7 Å². The van der Waals surface area contributed by atoms with Crippen molar-refractivity contribution in [3.8, 4) is 0 Å². The SMILES string of the molecule is CC(OC1(/C=C/c2ccc(N(C)C)cc2)C=C2C=COCC2=C1)N1CCCCC1.Cl. The predicted molar refractivity (Wildman–Crippen MR) is 127 cm³/mol. The molecule has 0 amide bonds. The van der Waals surface area contributed by atoms with Gasteiger partial charge in [-0.1, -0.05) is 24.6 Å². The highest BCUT2D eigenvalue weighted by Gasteiger charge is 2.34. The fourth-order valence-electron chi connectivity index (χ4n) is 4.24. The van der Waals surface area contributed by atoms with E-state index < -0.39 is 5.60 Å². The summed E-state index contributed by atoms with van der Waals surface area (Å²) in [4.78, 5) is 4.57. The first-order valence-corrected chi connectivity index (χ1v) is 10.7. The van der Waals surface area contributed by atoms with Gasteiger partial charge in [0, 0.05) is 32.9 Å². The van der Waals surface area contributed by atoms with Crippen molar-refractivity contribution in [3.05, 3.63) is 71.5 Å². The summed E-state index contributed by atoms with van der Waals surface area (Å²) in [6, 6.07) is 8.59. The van der Waals surface area contributed by atoms with E-state index in [1.807, 2.05) is 6.08 Å². The van der Waals surface area contributed by atoms with Gasteiger partial charge in [0.25, 0.3) is 0 Å². The summed E-state index contributed by atoms with van der Waals surface area (Å²) in [6.45, 7) is 5.02. The van der Waals surface area contributed by atoms with Gasteiger partial charge in [0.15, 0.2) is 0 Å². The van der Waals surface area contributed by atoms with Gasteiger partial charge >= 0.3 is 0 Å². The number of nitrogens with zero attached hydrogens (tertiary/aromatic N) is 2. The highest BCUT2D eigenvalue weighted by Crippen LogP contribution is 2.36. The van der Waals surface area contributed by atoms with Gasteiger partial charge in [0.1, 0.15) is 18.4 Å². The molecule has 1 aromatic carbocycles. The number of rotatable bonds is 6. The van der Waals surface area contributed by atoms with Gasteiger partial charge < -0.3 is 14.4 Å². The number of hydrogen-bond donors (Lipinski definition) is 0. The Kier molecular flexibility index (Phi) is 7.45. The number of benzene rings is 1. The number of halogens is 1. The molecule has 0 N–H and O–H groups in total. The Balaban J connectivity index is 0.00000256. The average Bonchev–Trinajstić information content (AvgIpc) is 3.11. The number of anilines is 1. The summed E-state index contributed by atoms with van der Waals surface area (Å²) >= 11 is 0. The lowest BCUT2D eigenvalue weighted by molar-refractivity contribution is -0.0915. The van der Waals surface area contributed by atoms with Crippen LogP contribution >= 0.6 is 12.4 Å². The van der Waals surface area contributed by atoms with Crippen LogP contribution in [-0.2, 0) is 9.47 Å². The van der Waals surface area contributed by atoms with Crippen LogP contribution in [0.15, 0.2) is 66.0 Å². The van der Waals surface area contributed by atoms with E-state index in [2.05, 4.69) is 79.4 Å². The lowest BCUT2D eigenvalue weighted by atomic mass is 10.0. The zero-order valence-corrected chi connectivity index (χ0v) is 19.0. The third kappa shape index (κ3) is 5.18. The predicted octanol–water partition coefficient (Wildman–Crippen LogP) is 5.19. The van der Waals surface area contributed by atoms with E-state index in [0.29, 0.717) is 6.61 Å². The highest BCUT2D eigenvalue weighted by atomic mass is 35.5. The molecule has 0 aromatic heterocycles. The fraction of sp³-hybridized carbons (Fsp3) is 0.440. The van der Waals surface area contributed by atoms with E-state index >= 15 is 0 Å². The van der Waals surface area contributed by atoms with Crippen LogP contribution in [0.3, 0.4) is 0 Å². The number of fused-ring (bicyclic) bond motifs is 1. The van der Waals surface area contributed by atoms with Gasteiger partial charge in [-0.2, -0.15) is 0 Å². The fourth-order valence-corrected chi connectivity index (χ4v) is 4.24. The number of hydrogen-bond acceptors (Lipinski definition) is 4. The summed E-state index contributed by atoms with van der Waals surface area (Å²) in [5.41, 5.74) is 4.23. The minimum atomic E-state index is -0.542. The molecular formula is C25H33ClN2O2. The van der Waals surface area contributed by atoms with Crippen LogP contribution in [0.2, 0.25) is 0 Å². The molecule has 2 aliphatic heterocycles. The van der Waals surface area contributed by atoms with Crippen LogP contribution in [-0.4, -0.2) is 50.5 Å². The number of allylic oxidation sites excluding steroid dienone is 1. The van der Waals surface area contributed by atoms with E-state index in [1.165, 1.54) is 41.7 Å². The molecule has 4 nitrogen and oxygen atoms in total.